The van der Waals surface area contributed by atoms with Gasteiger partial charge < -0.3 is 9.42 Å². The molecule has 1 saturated heterocycles. The Bertz CT molecular complexity index is 774. The molecule has 0 unspecified atom stereocenters. The van der Waals surface area contributed by atoms with Gasteiger partial charge in [0.05, 0.1) is 5.56 Å². The van der Waals surface area contributed by atoms with Gasteiger partial charge in [0, 0.05) is 19.0 Å². The van der Waals surface area contributed by atoms with Crippen LogP contribution in [0.1, 0.15) is 34.4 Å². The monoisotopic (exact) mass is 347 g/mol. The SMILES string of the molecule is O=C(c1cc(F)ccc1F)N1CC[C@@H](c2noc(C(F)(F)F)n2)C1. The Morgan fingerprint density at radius 3 is 2.71 bits per heavy atom. The summed E-state index contributed by atoms with van der Waals surface area (Å²) in [5, 5.41) is 3.28. The van der Waals surface area contributed by atoms with Gasteiger partial charge in [-0.15, -0.1) is 0 Å². The normalized spacial score (nSPS) is 18.2. The first-order chi connectivity index (χ1) is 11.3. The molecule has 1 fully saturated rings. The standard InChI is InChI=1S/C14H10F5N3O2/c15-8-1-2-10(16)9(5-8)12(23)22-4-3-7(6-22)11-20-13(24-21-11)14(17,18)19/h1-2,5,7H,3-4,6H2/t7-/m1/s1. The molecule has 0 saturated carbocycles. The van der Waals surface area contributed by atoms with E-state index < -0.39 is 41.1 Å². The average molecular weight is 347 g/mol. The van der Waals surface area contributed by atoms with Crippen molar-refractivity contribution < 1.29 is 31.3 Å². The molecule has 1 aromatic carbocycles. The van der Waals surface area contributed by atoms with Crippen molar-refractivity contribution in [3.63, 3.8) is 0 Å². The first kappa shape index (κ1) is 16.3. The lowest BCUT2D eigenvalue weighted by Gasteiger charge is -2.16. The van der Waals surface area contributed by atoms with Crippen molar-refractivity contribution in [1.82, 2.24) is 15.0 Å². The predicted molar refractivity (Wildman–Crippen MR) is 68.9 cm³/mol. The zero-order valence-electron chi connectivity index (χ0n) is 12.0. The summed E-state index contributed by atoms with van der Waals surface area (Å²) >= 11 is 0. The van der Waals surface area contributed by atoms with Crippen LogP contribution in [0, 0.1) is 11.6 Å². The molecule has 1 aliphatic rings. The quantitative estimate of drug-likeness (QED) is 0.784. The number of aromatic nitrogens is 2. The maximum atomic E-state index is 13.6. The molecule has 128 valence electrons. The van der Waals surface area contributed by atoms with Crippen molar-refractivity contribution >= 4 is 5.91 Å². The molecule has 1 aliphatic heterocycles. The van der Waals surface area contributed by atoms with Gasteiger partial charge in [-0.05, 0) is 24.6 Å². The highest BCUT2D eigenvalue weighted by molar-refractivity contribution is 5.94. The number of hydrogen-bond donors (Lipinski definition) is 0. The second-order valence-electron chi connectivity index (χ2n) is 5.32. The van der Waals surface area contributed by atoms with E-state index in [0.717, 1.165) is 18.2 Å². The summed E-state index contributed by atoms with van der Waals surface area (Å²) in [4.78, 5) is 16.7. The van der Waals surface area contributed by atoms with Crippen molar-refractivity contribution in [3.05, 3.63) is 47.1 Å². The summed E-state index contributed by atoms with van der Waals surface area (Å²) in [5.41, 5.74) is -0.431. The largest absolute Gasteiger partial charge is 0.471 e. The van der Waals surface area contributed by atoms with E-state index in [1.165, 1.54) is 4.90 Å². The zero-order chi connectivity index (χ0) is 17.5. The van der Waals surface area contributed by atoms with Gasteiger partial charge >= 0.3 is 12.1 Å². The van der Waals surface area contributed by atoms with Crippen LogP contribution in [0.4, 0.5) is 22.0 Å². The van der Waals surface area contributed by atoms with Crippen molar-refractivity contribution in [2.24, 2.45) is 0 Å². The van der Waals surface area contributed by atoms with Gasteiger partial charge in [0.1, 0.15) is 11.6 Å². The Morgan fingerprint density at radius 2 is 2.04 bits per heavy atom. The molecule has 24 heavy (non-hydrogen) atoms. The van der Waals surface area contributed by atoms with Crippen LogP contribution in [0.2, 0.25) is 0 Å². The first-order valence-electron chi connectivity index (χ1n) is 6.91. The van der Waals surface area contributed by atoms with E-state index in [0.29, 0.717) is 6.42 Å². The van der Waals surface area contributed by atoms with Crippen LogP contribution < -0.4 is 0 Å². The lowest BCUT2D eigenvalue weighted by Crippen LogP contribution is -2.29. The average Bonchev–Trinajstić information content (AvgIpc) is 3.16. The van der Waals surface area contributed by atoms with E-state index in [1.54, 1.807) is 0 Å². The molecule has 0 N–H and O–H groups in total. The van der Waals surface area contributed by atoms with Crippen LogP contribution in [0.25, 0.3) is 0 Å². The number of benzene rings is 1. The third-order valence-corrected chi connectivity index (χ3v) is 3.68. The summed E-state index contributed by atoms with van der Waals surface area (Å²) in [7, 11) is 0. The first-order valence-corrected chi connectivity index (χ1v) is 6.91. The molecule has 0 radical (unpaired) electrons. The van der Waals surface area contributed by atoms with E-state index in [1.807, 2.05) is 0 Å². The minimum Gasteiger partial charge on any atom is -0.338 e. The van der Waals surface area contributed by atoms with Gasteiger partial charge in [-0.3, -0.25) is 4.79 Å². The predicted octanol–water partition coefficient (Wildman–Crippen LogP) is 3.00. The van der Waals surface area contributed by atoms with E-state index >= 15 is 0 Å². The van der Waals surface area contributed by atoms with Crippen LogP contribution in [0.5, 0.6) is 0 Å². The molecule has 0 spiro atoms. The molecule has 10 heteroatoms. The molecule has 0 aliphatic carbocycles. The summed E-state index contributed by atoms with van der Waals surface area (Å²) in [6.07, 6.45) is -4.45. The van der Waals surface area contributed by atoms with E-state index in [2.05, 4.69) is 14.7 Å². The van der Waals surface area contributed by atoms with Gasteiger partial charge in [-0.2, -0.15) is 18.2 Å². The Kier molecular flexibility index (Phi) is 3.98. The van der Waals surface area contributed by atoms with E-state index in [4.69, 9.17) is 0 Å². The minimum absolute atomic E-state index is 0.00832. The fourth-order valence-corrected chi connectivity index (χ4v) is 2.50. The second-order valence-corrected chi connectivity index (χ2v) is 5.32. The fourth-order valence-electron chi connectivity index (χ4n) is 2.50. The number of carbonyl (C=O) groups excluding carboxylic acids is 1. The Hall–Kier alpha value is -2.52. The van der Waals surface area contributed by atoms with Crippen LogP contribution >= 0.6 is 0 Å². The number of nitrogens with zero attached hydrogens (tertiary/aromatic N) is 3. The molecular formula is C14H10F5N3O2. The van der Waals surface area contributed by atoms with Gasteiger partial charge in [-0.1, -0.05) is 5.16 Å². The Balaban J connectivity index is 1.74. The molecule has 0 bridgehead atoms. The Labute approximate surface area is 132 Å². The molecule has 5 nitrogen and oxygen atoms in total. The zero-order valence-corrected chi connectivity index (χ0v) is 12.0. The van der Waals surface area contributed by atoms with Gasteiger partial charge in [0.2, 0.25) is 0 Å². The topological polar surface area (TPSA) is 59.2 Å². The van der Waals surface area contributed by atoms with Gasteiger partial charge in [0.25, 0.3) is 5.91 Å². The third-order valence-electron chi connectivity index (χ3n) is 3.68. The summed E-state index contributed by atoms with van der Waals surface area (Å²) in [6, 6.07) is 2.50. The third kappa shape index (κ3) is 3.08. The summed E-state index contributed by atoms with van der Waals surface area (Å²) < 4.78 is 68.4. The number of likely N-dealkylation sites (tertiary alicyclic amines) is 1. The number of amides is 1. The maximum absolute atomic E-state index is 13.6. The van der Waals surface area contributed by atoms with E-state index in [9.17, 15) is 26.7 Å². The molecule has 2 heterocycles. The van der Waals surface area contributed by atoms with Crippen LogP contribution in [-0.2, 0) is 6.18 Å². The lowest BCUT2D eigenvalue weighted by atomic mass is 10.1. The molecule has 2 aromatic rings. The molecule has 1 aromatic heterocycles. The highest BCUT2D eigenvalue weighted by atomic mass is 19.4. The lowest BCUT2D eigenvalue weighted by molar-refractivity contribution is -0.159. The van der Waals surface area contributed by atoms with Crippen molar-refractivity contribution in [2.75, 3.05) is 13.1 Å². The molecule has 3 rings (SSSR count). The number of rotatable bonds is 2. The van der Waals surface area contributed by atoms with Crippen LogP contribution in [0.15, 0.2) is 22.7 Å². The number of carbonyl (C=O) groups is 1. The Morgan fingerprint density at radius 1 is 1.29 bits per heavy atom. The molecule has 1 amide bonds. The van der Waals surface area contributed by atoms with Gasteiger partial charge in [0.15, 0.2) is 5.82 Å². The van der Waals surface area contributed by atoms with Crippen molar-refractivity contribution in [3.8, 4) is 0 Å². The number of alkyl halides is 3. The smallest absolute Gasteiger partial charge is 0.338 e. The molecular weight excluding hydrogens is 337 g/mol. The maximum Gasteiger partial charge on any atom is 0.471 e. The second kappa shape index (κ2) is 5.84. The fraction of sp³-hybridized carbons (Fsp3) is 0.357. The highest BCUT2D eigenvalue weighted by Crippen LogP contribution is 2.31. The van der Waals surface area contributed by atoms with Gasteiger partial charge in [-0.25, -0.2) is 8.78 Å². The number of hydrogen-bond acceptors (Lipinski definition) is 4. The van der Waals surface area contributed by atoms with Crippen LogP contribution in [-0.4, -0.2) is 34.0 Å². The molecule has 1 atom stereocenters. The summed E-state index contributed by atoms with van der Waals surface area (Å²) in [6.45, 7) is 0.154. The van der Waals surface area contributed by atoms with Crippen molar-refractivity contribution in [2.45, 2.75) is 18.5 Å². The van der Waals surface area contributed by atoms with E-state index in [-0.39, 0.29) is 18.9 Å². The van der Waals surface area contributed by atoms with Crippen molar-refractivity contribution in [1.29, 1.82) is 0 Å². The summed E-state index contributed by atoms with van der Waals surface area (Å²) in [5.74, 6) is -4.57. The van der Waals surface area contributed by atoms with Crippen LogP contribution in [0.3, 0.4) is 0 Å². The highest BCUT2D eigenvalue weighted by Gasteiger charge is 2.40. The minimum atomic E-state index is -4.75. The number of halogens is 5.